The van der Waals surface area contributed by atoms with Crippen molar-refractivity contribution in [3.63, 3.8) is 0 Å². The summed E-state index contributed by atoms with van der Waals surface area (Å²) in [7, 11) is 0. The predicted octanol–water partition coefficient (Wildman–Crippen LogP) is 2.11. The number of halogens is 4. The van der Waals surface area contributed by atoms with E-state index in [2.05, 4.69) is 0 Å². The van der Waals surface area contributed by atoms with Gasteiger partial charge in [-0.25, -0.2) is 17.6 Å². The average Bonchev–Trinajstić information content (AvgIpc) is 2.23. The smallest absolute Gasteiger partial charge is 0.187 e. The molecule has 1 rings (SSSR count). The van der Waals surface area contributed by atoms with E-state index in [4.69, 9.17) is 10.5 Å². The number of hydrogen-bond donors (Lipinski definition) is 2. The van der Waals surface area contributed by atoms with Crippen LogP contribution in [0.25, 0.3) is 0 Å². The van der Waals surface area contributed by atoms with E-state index in [0.717, 1.165) is 5.48 Å². The van der Waals surface area contributed by atoms with Crippen LogP contribution in [0.2, 0.25) is 0 Å². The van der Waals surface area contributed by atoms with Gasteiger partial charge in [0.25, 0.3) is 0 Å². The van der Waals surface area contributed by atoms with Gasteiger partial charge in [-0.15, -0.1) is 0 Å². The number of nitriles is 1. The monoisotopic (exact) mass is 220 g/mol. The lowest BCUT2D eigenvalue weighted by atomic mass is 10.1. The number of rotatable bonds is 2. The van der Waals surface area contributed by atoms with Crippen LogP contribution in [0.15, 0.2) is 0 Å². The van der Waals surface area contributed by atoms with Crippen molar-refractivity contribution in [2.45, 2.75) is 6.42 Å². The zero-order chi connectivity index (χ0) is 11.6. The van der Waals surface area contributed by atoms with Crippen LogP contribution in [-0.4, -0.2) is 5.21 Å². The summed E-state index contributed by atoms with van der Waals surface area (Å²) in [6.45, 7) is 0. The van der Waals surface area contributed by atoms with Gasteiger partial charge in [0.1, 0.15) is 5.69 Å². The molecule has 0 amide bonds. The molecule has 0 radical (unpaired) electrons. The highest BCUT2D eigenvalue weighted by Gasteiger charge is 2.24. The third-order valence-electron chi connectivity index (χ3n) is 1.72. The van der Waals surface area contributed by atoms with Crippen molar-refractivity contribution >= 4 is 5.69 Å². The molecule has 0 atom stereocenters. The highest BCUT2D eigenvalue weighted by Crippen LogP contribution is 2.27. The number of hydrogen-bond acceptors (Lipinski definition) is 3. The SMILES string of the molecule is N#CCc1c(F)c(F)c(NO)c(F)c1F. The molecule has 2 N–H and O–H groups in total. The summed E-state index contributed by atoms with van der Waals surface area (Å²) in [5, 5.41) is 16.4. The van der Waals surface area contributed by atoms with Crippen LogP contribution in [0.4, 0.5) is 23.2 Å². The molecule has 1 aromatic carbocycles. The molecular formula is C8H4F4N2O. The van der Waals surface area contributed by atoms with Crippen LogP contribution in [0.1, 0.15) is 5.56 Å². The Labute approximate surface area is 81.5 Å². The van der Waals surface area contributed by atoms with Gasteiger partial charge in [-0.05, 0) is 0 Å². The molecule has 15 heavy (non-hydrogen) atoms. The van der Waals surface area contributed by atoms with Crippen molar-refractivity contribution in [2.24, 2.45) is 0 Å². The molecule has 0 heterocycles. The van der Waals surface area contributed by atoms with Crippen molar-refractivity contribution in [2.75, 3.05) is 5.48 Å². The Bertz CT molecular complexity index is 412. The minimum atomic E-state index is -1.78. The second kappa shape index (κ2) is 4.14. The van der Waals surface area contributed by atoms with E-state index >= 15 is 0 Å². The molecule has 0 fully saturated rings. The Morgan fingerprint density at radius 2 is 1.53 bits per heavy atom. The van der Waals surface area contributed by atoms with Gasteiger partial charge in [-0.3, -0.25) is 10.7 Å². The van der Waals surface area contributed by atoms with Crippen LogP contribution in [0.5, 0.6) is 0 Å². The highest BCUT2D eigenvalue weighted by atomic mass is 19.2. The van der Waals surface area contributed by atoms with Gasteiger partial charge >= 0.3 is 0 Å². The van der Waals surface area contributed by atoms with Crippen molar-refractivity contribution < 1.29 is 22.8 Å². The third kappa shape index (κ3) is 1.71. The Hall–Kier alpha value is -1.81. The summed E-state index contributed by atoms with van der Waals surface area (Å²) in [5.41, 5.74) is -1.33. The minimum Gasteiger partial charge on any atom is -0.291 e. The molecule has 1 aromatic rings. The van der Waals surface area contributed by atoms with E-state index in [0.29, 0.717) is 0 Å². The first kappa shape index (κ1) is 11.3. The first-order valence-corrected chi connectivity index (χ1v) is 3.66. The standard InChI is InChI=1S/C8H4F4N2O/c9-4-3(1-2-13)5(10)7(12)8(14-15)6(4)11/h14-15H,1H2. The van der Waals surface area contributed by atoms with Crippen LogP contribution < -0.4 is 5.48 Å². The zero-order valence-electron chi connectivity index (χ0n) is 7.11. The van der Waals surface area contributed by atoms with Crippen LogP contribution in [0, 0.1) is 34.6 Å². The highest BCUT2D eigenvalue weighted by molar-refractivity contribution is 5.48. The third-order valence-corrected chi connectivity index (χ3v) is 1.72. The fourth-order valence-electron chi connectivity index (χ4n) is 1.01. The zero-order valence-corrected chi connectivity index (χ0v) is 7.11. The summed E-state index contributed by atoms with van der Waals surface area (Å²) in [6.07, 6.45) is -0.808. The Morgan fingerprint density at radius 1 is 1.07 bits per heavy atom. The number of anilines is 1. The van der Waals surface area contributed by atoms with E-state index in [1.807, 2.05) is 0 Å². The van der Waals surface area contributed by atoms with Gasteiger partial charge < -0.3 is 0 Å². The van der Waals surface area contributed by atoms with Crippen molar-refractivity contribution in [1.29, 1.82) is 5.26 Å². The molecule has 80 valence electrons. The lowest BCUT2D eigenvalue weighted by Gasteiger charge is -2.08. The number of nitrogens with one attached hydrogen (secondary N) is 1. The summed E-state index contributed by atoms with van der Waals surface area (Å²) in [4.78, 5) is 0. The molecule has 0 aliphatic heterocycles. The van der Waals surface area contributed by atoms with Crippen molar-refractivity contribution in [3.05, 3.63) is 28.8 Å². The van der Waals surface area contributed by atoms with Crippen molar-refractivity contribution in [1.82, 2.24) is 0 Å². The van der Waals surface area contributed by atoms with Crippen molar-refractivity contribution in [3.8, 4) is 6.07 Å². The molecule has 0 aliphatic carbocycles. The molecule has 0 bridgehead atoms. The van der Waals surface area contributed by atoms with Crippen LogP contribution in [0.3, 0.4) is 0 Å². The largest absolute Gasteiger partial charge is 0.291 e. The van der Waals surface area contributed by atoms with Gasteiger partial charge in [-0.1, -0.05) is 0 Å². The average molecular weight is 220 g/mol. The first-order chi connectivity index (χ1) is 7.04. The molecule has 0 aliphatic rings. The Balaban J connectivity index is 3.53. The van der Waals surface area contributed by atoms with Gasteiger partial charge in [0.05, 0.1) is 12.5 Å². The molecular weight excluding hydrogens is 216 g/mol. The molecule has 0 saturated heterocycles. The van der Waals surface area contributed by atoms with E-state index < -0.39 is 40.9 Å². The molecule has 0 unspecified atom stereocenters. The summed E-state index contributed by atoms with van der Waals surface area (Å²) in [6, 6.07) is 1.36. The van der Waals surface area contributed by atoms with Gasteiger partial charge in [0, 0.05) is 5.56 Å². The lowest BCUT2D eigenvalue weighted by Crippen LogP contribution is -2.08. The van der Waals surface area contributed by atoms with E-state index in [9.17, 15) is 17.6 Å². The van der Waals surface area contributed by atoms with Crippen LogP contribution in [-0.2, 0) is 6.42 Å². The molecule has 3 nitrogen and oxygen atoms in total. The molecule has 0 aromatic heterocycles. The summed E-state index contributed by atoms with van der Waals surface area (Å²) in [5.74, 6) is -6.96. The fourth-order valence-corrected chi connectivity index (χ4v) is 1.01. The summed E-state index contributed by atoms with van der Waals surface area (Å²) < 4.78 is 51.8. The van der Waals surface area contributed by atoms with E-state index in [1.54, 1.807) is 0 Å². The topological polar surface area (TPSA) is 56.0 Å². The maximum atomic E-state index is 13.0. The molecule has 0 spiro atoms. The van der Waals surface area contributed by atoms with Gasteiger partial charge in [-0.2, -0.15) is 5.26 Å². The number of benzene rings is 1. The van der Waals surface area contributed by atoms with Gasteiger partial charge in [0.15, 0.2) is 23.3 Å². The Morgan fingerprint density at radius 3 is 1.87 bits per heavy atom. The Kier molecular flexibility index (Phi) is 3.11. The quantitative estimate of drug-likeness (QED) is 0.456. The fraction of sp³-hybridized carbons (Fsp3) is 0.125. The van der Waals surface area contributed by atoms with Crippen LogP contribution >= 0.6 is 0 Å². The van der Waals surface area contributed by atoms with E-state index in [1.165, 1.54) is 6.07 Å². The maximum absolute atomic E-state index is 13.0. The molecule has 0 saturated carbocycles. The minimum absolute atomic E-state index is 0.808. The number of nitrogens with zero attached hydrogens (tertiary/aromatic N) is 1. The normalized spacial score (nSPS) is 9.87. The first-order valence-electron chi connectivity index (χ1n) is 3.66. The van der Waals surface area contributed by atoms with Gasteiger partial charge in [0.2, 0.25) is 0 Å². The van der Waals surface area contributed by atoms with E-state index in [-0.39, 0.29) is 0 Å². The second-order valence-electron chi connectivity index (χ2n) is 2.56. The lowest BCUT2D eigenvalue weighted by molar-refractivity contribution is 0.366. The summed E-state index contributed by atoms with van der Waals surface area (Å²) >= 11 is 0. The molecule has 7 heteroatoms. The second-order valence-corrected chi connectivity index (χ2v) is 2.56. The maximum Gasteiger partial charge on any atom is 0.187 e. The predicted molar refractivity (Wildman–Crippen MR) is 41.0 cm³/mol.